The minimum atomic E-state index is -4.36. The normalized spacial score (nSPS) is 13.1. The quantitative estimate of drug-likeness (QED) is 0.609. The highest BCUT2D eigenvalue weighted by atomic mass is 32.1. The van der Waals surface area contributed by atoms with Crippen molar-refractivity contribution >= 4 is 21.4 Å². The first kappa shape index (κ1) is 17.8. The molecule has 0 aliphatic carbocycles. The minimum Gasteiger partial charge on any atom is -0.484 e. The highest BCUT2D eigenvalue weighted by molar-refractivity contribution is 7.17. The summed E-state index contributed by atoms with van der Waals surface area (Å²) in [6.45, 7) is 0.640. The van der Waals surface area contributed by atoms with Gasteiger partial charge in [0.15, 0.2) is 0 Å². The van der Waals surface area contributed by atoms with Crippen molar-refractivity contribution in [3.63, 3.8) is 0 Å². The number of rotatable bonds is 6. The van der Waals surface area contributed by atoms with Gasteiger partial charge in [0.05, 0.1) is 10.3 Å². The van der Waals surface area contributed by atoms with Gasteiger partial charge >= 0.3 is 6.18 Å². The maximum Gasteiger partial charge on any atom is 0.416 e. The van der Waals surface area contributed by atoms with Crippen LogP contribution in [0.4, 0.5) is 13.2 Å². The van der Waals surface area contributed by atoms with Crippen LogP contribution in [-0.2, 0) is 6.18 Å². The molecule has 1 atom stereocenters. The lowest BCUT2D eigenvalue weighted by Crippen LogP contribution is -2.17. The highest BCUT2D eigenvalue weighted by Crippen LogP contribution is 2.36. The average molecular weight is 365 g/mol. The maximum absolute atomic E-state index is 13.0. The van der Waals surface area contributed by atoms with Crippen LogP contribution in [0.25, 0.3) is 10.1 Å². The van der Waals surface area contributed by atoms with Gasteiger partial charge in [0.2, 0.25) is 0 Å². The number of thiophene rings is 1. The van der Waals surface area contributed by atoms with Crippen molar-refractivity contribution in [2.45, 2.75) is 18.7 Å². The second kappa shape index (κ2) is 7.45. The van der Waals surface area contributed by atoms with E-state index in [1.807, 2.05) is 36.7 Å². The smallest absolute Gasteiger partial charge is 0.416 e. The molecule has 0 saturated heterocycles. The van der Waals surface area contributed by atoms with Crippen molar-refractivity contribution in [3.05, 3.63) is 65.0 Å². The molecule has 0 unspecified atom stereocenters. The van der Waals surface area contributed by atoms with Crippen molar-refractivity contribution in [1.82, 2.24) is 5.32 Å². The first-order chi connectivity index (χ1) is 12.0. The Kier molecular flexibility index (Phi) is 5.30. The van der Waals surface area contributed by atoms with Crippen LogP contribution in [0.5, 0.6) is 5.75 Å². The van der Waals surface area contributed by atoms with Gasteiger partial charge in [-0.25, -0.2) is 0 Å². The fraction of sp³-hybridized carbons (Fsp3) is 0.263. The number of nitrogens with one attached hydrogen (secondary N) is 1. The zero-order valence-electron chi connectivity index (χ0n) is 13.6. The van der Waals surface area contributed by atoms with Gasteiger partial charge in [-0.2, -0.15) is 13.2 Å². The Morgan fingerprint density at radius 3 is 2.68 bits per heavy atom. The number of hydrogen-bond donors (Lipinski definition) is 1. The molecule has 6 heteroatoms. The molecular formula is C19H18F3NOS. The zero-order chi connectivity index (χ0) is 17.9. The van der Waals surface area contributed by atoms with Gasteiger partial charge in [0.25, 0.3) is 0 Å². The molecule has 1 aromatic heterocycles. The maximum atomic E-state index is 13.0. The van der Waals surface area contributed by atoms with Gasteiger partial charge < -0.3 is 10.1 Å². The lowest BCUT2D eigenvalue weighted by atomic mass is 10.0. The largest absolute Gasteiger partial charge is 0.484 e. The van der Waals surface area contributed by atoms with E-state index in [1.165, 1.54) is 12.1 Å². The summed E-state index contributed by atoms with van der Waals surface area (Å²) in [6, 6.07) is 13.1. The van der Waals surface area contributed by atoms with Gasteiger partial charge in [-0.05, 0) is 54.2 Å². The van der Waals surface area contributed by atoms with Crippen molar-refractivity contribution in [3.8, 4) is 5.75 Å². The third-order valence-electron chi connectivity index (χ3n) is 3.95. The summed E-state index contributed by atoms with van der Waals surface area (Å²) in [5.74, 6) is 0.700. The van der Waals surface area contributed by atoms with Crippen LogP contribution in [-0.4, -0.2) is 13.6 Å². The molecular weight excluding hydrogens is 347 g/mol. The van der Waals surface area contributed by atoms with E-state index in [0.29, 0.717) is 24.3 Å². The molecule has 3 rings (SSSR count). The molecule has 132 valence electrons. The molecule has 2 aromatic carbocycles. The Morgan fingerprint density at radius 1 is 1.12 bits per heavy atom. The van der Waals surface area contributed by atoms with E-state index < -0.39 is 17.8 Å². The second-order valence-corrected chi connectivity index (χ2v) is 6.63. The van der Waals surface area contributed by atoms with Gasteiger partial charge in [-0.1, -0.05) is 24.3 Å². The fourth-order valence-corrected chi connectivity index (χ4v) is 3.55. The molecule has 0 fully saturated rings. The van der Waals surface area contributed by atoms with Crippen LogP contribution >= 0.6 is 11.3 Å². The third kappa shape index (κ3) is 4.14. The molecule has 0 radical (unpaired) electrons. The van der Waals surface area contributed by atoms with E-state index in [2.05, 4.69) is 5.32 Å². The van der Waals surface area contributed by atoms with E-state index >= 15 is 0 Å². The monoisotopic (exact) mass is 365 g/mol. The number of ether oxygens (including phenoxy) is 1. The fourth-order valence-electron chi connectivity index (χ4n) is 2.70. The summed E-state index contributed by atoms with van der Waals surface area (Å²) >= 11 is 1.56. The predicted octanol–water partition coefficient (Wildman–Crippen LogP) is 5.65. The van der Waals surface area contributed by atoms with Crippen molar-refractivity contribution in [2.75, 3.05) is 13.6 Å². The predicted molar refractivity (Wildman–Crippen MR) is 95.2 cm³/mol. The van der Waals surface area contributed by atoms with E-state index in [9.17, 15) is 13.2 Å². The molecule has 0 aliphatic heterocycles. The molecule has 0 aliphatic rings. The molecule has 0 bridgehead atoms. The molecule has 1 heterocycles. The minimum absolute atomic E-state index is 0.456. The summed E-state index contributed by atoms with van der Waals surface area (Å²) in [5, 5.41) is 6.08. The van der Waals surface area contributed by atoms with Crippen LogP contribution in [0, 0.1) is 0 Å². The van der Waals surface area contributed by atoms with E-state index in [0.717, 1.165) is 16.2 Å². The lowest BCUT2D eigenvalue weighted by molar-refractivity contribution is -0.137. The van der Waals surface area contributed by atoms with Crippen LogP contribution in [0.1, 0.15) is 23.7 Å². The summed E-state index contributed by atoms with van der Waals surface area (Å²) in [5.41, 5.74) is -0.129. The molecule has 0 saturated carbocycles. The number of hydrogen-bond acceptors (Lipinski definition) is 3. The van der Waals surface area contributed by atoms with Gasteiger partial charge in [0.1, 0.15) is 11.9 Å². The van der Waals surface area contributed by atoms with Gasteiger partial charge in [0, 0.05) is 6.42 Å². The highest BCUT2D eigenvalue weighted by Gasteiger charge is 2.31. The number of fused-ring (bicyclic) bond motifs is 1. The Morgan fingerprint density at radius 2 is 1.92 bits per heavy atom. The molecule has 2 nitrogen and oxygen atoms in total. The molecule has 0 amide bonds. The zero-order valence-corrected chi connectivity index (χ0v) is 14.5. The van der Waals surface area contributed by atoms with E-state index in [4.69, 9.17) is 4.74 Å². The van der Waals surface area contributed by atoms with Gasteiger partial charge in [-0.3, -0.25) is 0 Å². The topological polar surface area (TPSA) is 21.3 Å². The summed E-state index contributed by atoms with van der Waals surface area (Å²) in [6.07, 6.45) is -4.25. The second-order valence-electron chi connectivity index (χ2n) is 5.72. The van der Waals surface area contributed by atoms with Crippen LogP contribution < -0.4 is 10.1 Å². The Bertz CT molecular complexity index is 844. The lowest BCUT2D eigenvalue weighted by Gasteiger charge is -2.21. The number of alkyl halides is 3. The van der Waals surface area contributed by atoms with Crippen molar-refractivity contribution in [1.29, 1.82) is 0 Å². The summed E-state index contributed by atoms with van der Waals surface area (Å²) < 4.78 is 46.2. The van der Waals surface area contributed by atoms with Crippen molar-refractivity contribution in [2.24, 2.45) is 0 Å². The first-order valence-corrected chi connectivity index (χ1v) is 8.81. The van der Waals surface area contributed by atoms with E-state index in [1.54, 1.807) is 17.4 Å². The average Bonchev–Trinajstić information content (AvgIpc) is 3.07. The first-order valence-electron chi connectivity index (χ1n) is 7.93. The Hall–Kier alpha value is -2.05. The summed E-state index contributed by atoms with van der Waals surface area (Å²) in [7, 11) is 1.81. The van der Waals surface area contributed by atoms with Crippen molar-refractivity contribution < 1.29 is 17.9 Å². The van der Waals surface area contributed by atoms with Crippen LogP contribution in [0.15, 0.2) is 53.9 Å². The van der Waals surface area contributed by atoms with Gasteiger partial charge in [-0.15, -0.1) is 11.3 Å². The Labute approximate surface area is 148 Å². The standard InChI is InChI=1S/C19H18F3NOS/c1-23-10-8-16(14-5-2-6-15(12-14)19(20,21)22)24-17-7-3-4-13-9-11-25-18(13)17/h2-7,9,11-12,16,23H,8,10H2,1H3/t16-/m0/s1. The molecule has 1 N–H and O–H groups in total. The molecule has 0 spiro atoms. The van der Waals surface area contributed by atoms with Crippen LogP contribution in [0.2, 0.25) is 0 Å². The number of halogens is 3. The number of benzene rings is 2. The molecule has 3 aromatic rings. The van der Waals surface area contributed by atoms with E-state index in [-0.39, 0.29) is 0 Å². The summed E-state index contributed by atoms with van der Waals surface area (Å²) in [4.78, 5) is 0. The Balaban J connectivity index is 1.94. The third-order valence-corrected chi connectivity index (χ3v) is 4.90. The molecule has 25 heavy (non-hydrogen) atoms. The van der Waals surface area contributed by atoms with Crippen LogP contribution in [0.3, 0.4) is 0 Å². The SMILES string of the molecule is CNCC[C@H](Oc1cccc2ccsc12)c1cccc(C(F)(F)F)c1.